The second-order valence-corrected chi connectivity index (χ2v) is 5.90. The molecule has 1 amide bonds. The Balaban J connectivity index is 1.53. The summed E-state index contributed by atoms with van der Waals surface area (Å²) in [5, 5.41) is 6.87. The van der Waals surface area contributed by atoms with Gasteiger partial charge in [0.15, 0.2) is 5.76 Å². The zero-order valence-electron chi connectivity index (χ0n) is 12.8. The molecular formula is C18H15FN2O3. The van der Waals surface area contributed by atoms with E-state index in [1.54, 1.807) is 42.7 Å². The van der Waals surface area contributed by atoms with Crippen LogP contribution in [-0.4, -0.2) is 11.1 Å². The van der Waals surface area contributed by atoms with Gasteiger partial charge >= 0.3 is 0 Å². The summed E-state index contributed by atoms with van der Waals surface area (Å²) < 4.78 is 24.3. The molecule has 2 heterocycles. The quantitative estimate of drug-likeness (QED) is 0.780. The fourth-order valence-corrected chi connectivity index (χ4v) is 2.76. The van der Waals surface area contributed by atoms with Crippen molar-refractivity contribution in [3.8, 4) is 11.3 Å². The first-order valence-electron chi connectivity index (χ1n) is 7.72. The van der Waals surface area contributed by atoms with Gasteiger partial charge < -0.3 is 14.3 Å². The van der Waals surface area contributed by atoms with E-state index in [-0.39, 0.29) is 11.7 Å². The standard InChI is InChI=1S/C18H15FN2O3/c19-14-6-2-1-5-13(14)15-10-16(21-24-15)18(7-8-18)17(22)20-11-12-4-3-9-23-12/h1-6,9-10H,7-8,11H2,(H,20,22). The largest absolute Gasteiger partial charge is 0.467 e. The molecule has 1 N–H and O–H groups in total. The lowest BCUT2D eigenvalue weighted by Gasteiger charge is -2.11. The summed E-state index contributed by atoms with van der Waals surface area (Å²) in [6, 6.07) is 11.5. The third kappa shape index (κ3) is 2.50. The molecule has 0 aliphatic heterocycles. The minimum absolute atomic E-state index is 0.118. The molecule has 0 radical (unpaired) electrons. The number of nitrogens with zero attached hydrogens (tertiary/aromatic N) is 1. The number of hydrogen-bond acceptors (Lipinski definition) is 4. The first-order valence-corrected chi connectivity index (χ1v) is 7.72. The highest BCUT2D eigenvalue weighted by Gasteiger charge is 2.53. The maximum absolute atomic E-state index is 13.9. The van der Waals surface area contributed by atoms with E-state index in [1.165, 1.54) is 6.07 Å². The molecule has 0 bridgehead atoms. The second kappa shape index (κ2) is 5.63. The van der Waals surface area contributed by atoms with Crippen molar-refractivity contribution < 1.29 is 18.1 Å². The van der Waals surface area contributed by atoms with Gasteiger partial charge in [-0.3, -0.25) is 4.79 Å². The van der Waals surface area contributed by atoms with Crippen LogP contribution in [0.5, 0.6) is 0 Å². The maximum atomic E-state index is 13.9. The number of amides is 1. The fourth-order valence-electron chi connectivity index (χ4n) is 2.76. The summed E-state index contributed by atoms with van der Waals surface area (Å²) in [5.41, 5.74) is 0.195. The van der Waals surface area contributed by atoms with Crippen LogP contribution < -0.4 is 5.32 Å². The number of rotatable bonds is 5. The van der Waals surface area contributed by atoms with Crippen LogP contribution in [0, 0.1) is 5.82 Å². The number of benzene rings is 1. The highest BCUT2D eigenvalue weighted by atomic mass is 19.1. The Bertz CT molecular complexity index is 866. The molecule has 3 aromatic rings. The molecule has 0 atom stereocenters. The van der Waals surface area contributed by atoms with E-state index in [9.17, 15) is 9.18 Å². The average molecular weight is 326 g/mol. The van der Waals surface area contributed by atoms with Crippen molar-refractivity contribution in [2.45, 2.75) is 24.8 Å². The van der Waals surface area contributed by atoms with Crippen molar-refractivity contribution in [2.24, 2.45) is 0 Å². The molecular weight excluding hydrogens is 311 g/mol. The number of nitrogens with one attached hydrogen (secondary N) is 1. The van der Waals surface area contributed by atoms with Gasteiger partial charge in [-0.05, 0) is 37.1 Å². The Kier molecular flexibility index (Phi) is 3.45. The van der Waals surface area contributed by atoms with Gasteiger partial charge in [0.2, 0.25) is 5.91 Å². The number of carbonyl (C=O) groups is 1. The molecule has 0 unspecified atom stereocenters. The number of carbonyl (C=O) groups excluding carboxylic acids is 1. The summed E-state index contributed by atoms with van der Waals surface area (Å²) >= 11 is 0. The van der Waals surface area contributed by atoms with Gasteiger partial charge in [0, 0.05) is 6.07 Å². The van der Waals surface area contributed by atoms with Gasteiger partial charge in [-0.25, -0.2) is 4.39 Å². The first-order chi connectivity index (χ1) is 11.7. The van der Waals surface area contributed by atoms with Gasteiger partial charge in [0.25, 0.3) is 0 Å². The van der Waals surface area contributed by atoms with Crippen molar-refractivity contribution in [3.05, 3.63) is 66.0 Å². The van der Waals surface area contributed by atoms with Crippen molar-refractivity contribution in [1.82, 2.24) is 10.5 Å². The van der Waals surface area contributed by atoms with Crippen LogP contribution >= 0.6 is 0 Å². The molecule has 122 valence electrons. The minimum Gasteiger partial charge on any atom is -0.467 e. The second-order valence-electron chi connectivity index (χ2n) is 5.90. The third-order valence-electron chi connectivity index (χ3n) is 4.33. The van der Waals surface area contributed by atoms with Crippen molar-refractivity contribution in [1.29, 1.82) is 0 Å². The van der Waals surface area contributed by atoms with Crippen LogP contribution in [-0.2, 0) is 16.8 Å². The molecule has 1 aliphatic carbocycles. The van der Waals surface area contributed by atoms with Crippen molar-refractivity contribution >= 4 is 5.91 Å². The fraction of sp³-hybridized carbons (Fsp3) is 0.222. The monoisotopic (exact) mass is 326 g/mol. The average Bonchev–Trinajstić information content (AvgIpc) is 3.01. The summed E-state index contributed by atoms with van der Waals surface area (Å²) in [6.07, 6.45) is 2.95. The first kappa shape index (κ1) is 14.7. The molecule has 1 aromatic carbocycles. The van der Waals surface area contributed by atoms with Gasteiger partial charge in [0.1, 0.15) is 11.6 Å². The highest BCUT2D eigenvalue weighted by Crippen LogP contribution is 2.48. The van der Waals surface area contributed by atoms with Crippen LogP contribution in [0.15, 0.2) is 57.7 Å². The van der Waals surface area contributed by atoms with E-state index < -0.39 is 5.41 Å². The van der Waals surface area contributed by atoms with E-state index in [1.807, 2.05) is 0 Å². The van der Waals surface area contributed by atoms with Crippen molar-refractivity contribution in [3.63, 3.8) is 0 Å². The Morgan fingerprint density at radius 3 is 2.79 bits per heavy atom. The van der Waals surface area contributed by atoms with Gasteiger partial charge in [-0.1, -0.05) is 17.3 Å². The van der Waals surface area contributed by atoms with Crippen LogP contribution in [0.2, 0.25) is 0 Å². The lowest BCUT2D eigenvalue weighted by Crippen LogP contribution is -2.34. The Labute approximate surface area is 137 Å². The third-order valence-corrected chi connectivity index (χ3v) is 4.33. The molecule has 2 aromatic heterocycles. The SMILES string of the molecule is O=C(NCc1ccco1)C1(c2cc(-c3ccccc3F)on2)CC1. The highest BCUT2D eigenvalue weighted by molar-refractivity contribution is 5.90. The predicted octanol–water partition coefficient (Wildman–Crippen LogP) is 3.42. The maximum Gasteiger partial charge on any atom is 0.232 e. The molecule has 1 saturated carbocycles. The van der Waals surface area contributed by atoms with E-state index >= 15 is 0 Å². The molecule has 0 saturated heterocycles. The van der Waals surface area contributed by atoms with Crippen LogP contribution in [0.4, 0.5) is 4.39 Å². The number of furan rings is 1. The lowest BCUT2D eigenvalue weighted by atomic mass is 10.00. The Morgan fingerprint density at radius 1 is 1.25 bits per heavy atom. The Morgan fingerprint density at radius 2 is 2.08 bits per heavy atom. The molecule has 1 fully saturated rings. The van der Waals surface area contributed by atoms with Crippen molar-refractivity contribution in [2.75, 3.05) is 0 Å². The van der Waals surface area contributed by atoms with Gasteiger partial charge in [-0.2, -0.15) is 0 Å². The van der Waals surface area contributed by atoms with E-state index in [4.69, 9.17) is 8.94 Å². The predicted molar refractivity (Wildman–Crippen MR) is 83.4 cm³/mol. The summed E-state index contributed by atoms with van der Waals surface area (Å²) in [6.45, 7) is 0.325. The zero-order chi connectivity index (χ0) is 16.6. The molecule has 5 nitrogen and oxygen atoms in total. The van der Waals surface area contributed by atoms with Crippen LogP contribution in [0.1, 0.15) is 24.3 Å². The van der Waals surface area contributed by atoms with Gasteiger partial charge in [-0.15, -0.1) is 0 Å². The van der Waals surface area contributed by atoms with Gasteiger partial charge in [0.05, 0.1) is 29.5 Å². The van der Waals surface area contributed by atoms with E-state index in [0.29, 0.717) is 42.2 Å². The summed E-state index contributed by atoms with van der Waals surface area (Å²) in [5.74, 6) is 0.513. The minimum atomic E-state index is -0.681. The summed E-state index contributed by atoms with van der Waals surface area (Å²) in [4.78, 5) is 12.5. The number of aromatic nitrogens is 1. The number of hydrogen-bond donors (Lipinski definition) is 1. The van der Waals surface area contributed by atoms with E-state index in [2.05, 4.69) is 10.5 Å². The molecule has 1 aliphatic rings. The lowest BCUT2D eigenvalue weighted by molar-refractivity contribution is -0.124. The van der Waals surface area contributed by atoms with E-state index in [0.717, 1.165) is 0 Å². The Hall–Kier alpha value is -2.89. The topological polar surface area (TPSA) is 68.3 Å². The number of halogens is 1. The molecule has 4 rings (SSSR count). The normalized spacial score (nSPS) is 15.2. The molecule has 6 heteroatoms. The van der Waals surface area contributed by atoms with Crippen LogP contribution in [0.3, 0.4) is 0 Å². The van der Waals surface area contributed by atoms with Crippen LogP contribution in [0.25, 0.3) is 11.3 Å². The molecule has 0 spiro atoms. The summed E-state index contributed by atoms with van der Waals surface area (Å²) in [7, 11) is 0. The smallest absolute Gasteiger partial charge is 0.232 e. The molecule has 24 heavy (non-hydrogen) atoms. The zero-order valence-corrected chi connectivity index (χ0v) is 12.8.